The maximum absolute atomic E-state index is 14.0. The molecule has 2 heterocycles. The summed E-state index contributed by atoms with van der Waals surface area (Å²) in [5.41, 5.74) is 8.90. The molecule has 0 bridgehead atoms. The second-order valence-corrected chi connectivity index (χ2v) is 20.3. The van der Waals surface area contributed by atoms with Crippen molar-refractivity contribution in [2.75, 3.05) is 19.6 Å². The molecule has 11 unspecified atom stereocenters. The zero-order valence-electron chi connectivity index (χ0n) is 46.2. The Morgan fingerprint density at radius 2 is 1.35 bits per heavy atom. The number of benzene rings is 4. The number of aliphatic hydroxyl groups excluding tert-OH is 2. The van der Waals surface area contributed by atoms with Gasteiger partial charge in [-0.25, -0.2) is 17.6 Å². The lowest BCUT2D eigenvalue weighted by Gasteiger charge is -2.32. The van der Waals surface area contributed by atoms with Gasteiger partial charge in [0.15, 0.2) is 0 Å². The van der Waals surface area contributed by atoms with E-state index in [4.69, 9.17) is 15.2 Å². The van der Waals surface area contributed by atoms with Crippen molar-refractivity contribution in [2.24, 2.45) is 17.6 Å². The van der Waals surface area contributed by atoms with Crippen molar-refractivity contribution in [3.63, 3.8) is 0 Å². The van der Waals surface area contributed by atoms with E-state index in [1.54, 1.807) is 11.8 Å². The third-order valence-electron chi connectivity index (χ3n) is 13.9. The quantitative estimate of drug-likeness (QED) is 0.0210. The second kappa shape index (κ2) is 34.3. The summed E-state index contributed by atoms with van der Waals surface area (Å²) in [6, 6.07) is 22.8. The monoisotopic (exact) mass is 1090 g/mol. The Bertz CT molecular complexity index is 2370. The smallest absolute Gasteiger partial charge is 0.225 e. The Hall–Kier alpha value is -5.76. The number of nitrogens with zero attached hydrogens (tertiary/aromatic N) is 1. The molecular formula is C60H84F4N6O8. The summed E-state index contributed by atoms with van der Waals surface area (Å²) in [7, 11) is 0. The van der Waals surface area contributed by atoms with Gasteiger partial charge in [0.25, 0.3) is 0 Å². The van der Waals surface area contributed by atoms with Gasteiger partial charge in [0, 0.05) is 56.3 Å². The predicted octanol–water partition coefficient (Wildman–Crippen LogP) is 7.59. The van der Waals surface area contributed by atoms with Crippen LogP contribution >= 0.6 is 0 Å². The predicted molar refractivity (Wildman–Crippen MR) is 293 cm³/mol. The van der Waals surface area contributed by atoms with Gasteiger partial charge in [-0.15, -0.1) is 0 Å². The summed E-state index contributed by atoms with van der Waals surface area (Å²) < 4.78 is 67.3. The summed E-state index contributed by atoms with van der Waals surface area (Å²) in [4.78, 5) is 51.3. The summed E-state index contributed by atoms with van der Waals surface area (Å²) in [5.74, 6) is -5.08. The van der Waals surface area contributed by atoms with Crippen molar-refractivity contribution in [3.05, 3.63) is 143 Å². The lowest BCUT2D eigenvalue weighted by molar-refractivity contribution is -0.129. The van der Waals surface area contributed by atoms with Crippen molar-refractivity contribution in [3.8, 4) is 0 Å². The van der Waals surface area contributed by atoms with E-state index >= 15 is 0 Å². The number of amides is 4. The first-order chi connectivity index (χ1) is 37.4. The molecular weight excluding hydrogens is 1010 g/mol. The summed E-state index contributed by atoms with van der Waals surface area (Å²) in [5, 5.41) is 34.0. The normalized spacial score (nSPS) is 19.0. The van der Waals surface area contributed by atoms with Crippen LogP contribution in [0.5, 0.6) is 0 Å². The van der Waals surface area contributed by atoms with Crippen molar-refractivity contribution >= 4 is 24.1 Å². The number of nitrogens with one attached hydrogen (secondary N) is 4. The Labute approximate surface area is 458 Å². The number of nitrogens with two attached hydrogens (primary N) is 1. The fraction of sp³-hybridized carbons (Fsp3) is 0.533. The highest BCUT2D eigenvalue weighted by Crippen LogP contribution is 2.23. The maximum Gasteiger partial charge on any atom is 0.225 e. The number of halogens is 4. The first-order valence-electron chi connectivity index (χ1n) is 27.6. The summed E-state index contributed by atoms with van der Waals surface area (Å²) in [6.07, 6.45) is 3.68. The molecule has 0 radical (unpaired) electrons. The molecule has 4 aromatic carbocycles. The zero-order valence-corrected chi connectivity index (χ0v) is 46.2. The molecule has 0 aromatic heterocycles. The molecule has 11 atom stereocenters. The molecule has 0 saturated carbocycles. The molecule has 0 aliphatic carbocycles. The van der Waals surface area contributed by atoms with E-state index < -0.39 is 71.3 Å². The van der Waals surface area contributed by atoms with Crippen molar-refractivity contribution < 1.29 is 56.4 Å². The van der Waals surface area contributed by atoms with Gasteiger partial charge in [0.1, 0.15) is 23.3 Å². The van der Waals surface area contributed by atoms with Gasteiger partial charge in [-0.2, -0.15) is 0 Å². The van der Waals surface area contributed by atoms with Crippen LogP contribution in [0.4, 0.5) is 17.6 Å². The standard InChI is InChI=1S/C33H47F2N3O4.C25H31F2N3O4.C2H6/c1-4-6-13-28(10-5-2)38(22-39)20-23(3)33(41)37-31(16-25-14-26(34)17-27(35)15-25)32(40)30-18-29(19-36-30)42-21-24-11-8-7-9-12-24;1-15(34-14-16-5-3-2-4-6-16)7-21(28)24(32)22(10-17-8-19(26)12-20(27)9-17)30-25(33)18-11-23(31)29-13-18;1-2/h7-9,11-12,14-15,17,22-23,28-32,36,40H,4-6,10,13,16,18-21H2,1-3H3,(H,37,41);2-6,8-9,12,15,18,21-22,24,32H,7,10-11,13-14,28H2,1H3,(H,29,31)(H,30,33);1-2H3. The van der Waals surface area contributed by atoms with Crippen LogP contribution in [0, 0.1) is 35.1 Å². The largest absolute Gasteiger partial charge is 0.389 e. The molecule has 2 aliphatic rings. The SMILES string of the molecule is CC.CC(CC(N)C(O)C(Cc1cc(F)cc(F)c1)NC(=O)C1CNC(=O)C1)OCc1ccccc1.CCCCC(CCC)N(C=O)CC(C)C(=O)NC(Cc1cc(F)cc(F)c1)C(O)C1CC(OCc2ccccc2)CN1. The lowest BCUT2D eigenvalue weighted by atomic mass is 9.93. The van der Waals surface area contributed by atoms with E-state index in [-0.39, 0.29) is 74.0 Å². The molecule has 2 saturated heterocycles. The molecule has 18 heteroatoms. The molecule has 0 spiro atoms. The number of carbonyl (C=O) groups excluding carboxylic acids is 4. The van der Waals surface area contributed by atoms with Gasteiger partial charge in [0.05, 0.1) is 61.5 Å². The fourth-order valence-electron chi connectivity index (χ4n) is 9.71. The zero-order chi connectivity index (χ0) is 57.1. The van der Waals surface area contributed by atoms with E-state index in [1.165, 1.54) is 12.1 Å². The highest BCUT2D eigenvalue weighted by Gasteiger charge is 2.37. The minimum Gasteiger partial charge on any atom is -0.389 e. The maximum atomic E-state index is 14.0. The van der Waals surface area contributed by atoms with Gasteiger partial charge in [-0.05, 0) is 92.0 Å². The van der Waals surface area contributed by atoms with Gasteiger partial charge < -0.3 is 51.6 Å². The summed E-state index contributed by atoms with van der Waals surface area (Å²) >= 11 is 0. The number of carbonyl (C=O) groups is 4. The third kappa shape index (κ3) is 22.2. The third-order valence-corrected chi connectivity index (χ3v) is 13.9. The molecule has 2 fully saturated rings. The first-order valence-corrected chi connectivity index (χ1v) is 27.6. The Morgan fingerprint density at radius 1 is 0.782 bits per heavy atom. The van der Waals surface area contributed by atoms with E-state index in [1.807, 2.05) is 81.4 Å². The van der Waals surface area contributed by atoms with Crippen LogP contribution < -0.4 is 27.0 Å². The van der Waals surface area contributed by atoms with Gasteiger partial charge >= 0.3 is 0 Å². The molecule has 8 N–H and O–H groups in total. The second-order valence-electron chi connectivity index (χ2n) is 20.3. The van der Waals surface area contributed by atoms with Crippen molar-refractivity contribution in [2.45, 2.75) is 174 Å². The van der Waals surface area contributed by atoms with Gasteiger partial charge in [-0.1, -0.05) is 115 Å². The van der Waals surface area contributed by atoms with Crippen LogP contribution in [0.25, 0.3) is 0 Å². The molecule has 2 aliphatic heterocycles. The first kappa shape index (κ1) is 64.8. The Balaban J connectivity index is 0.000000333. The van der Waals surface area contributed by atoms with Gasteiger partial charge in [0.2, 0.25) is 24.1 Å². The molecule has 78 heavy (non-hydrogen) atoms. The van der Waals surface area contributed by atoms with E-state index in [9.17, 15) is 47.0 Å². The molecule has 14 nitrogen and oxygen atoms in total. The van der Waals surface area contributed by atoms with Crippen LogP contribution in [-0.2, 0) is 54.7 Å². The minimum atomic E-state index is -1.22. The van der Waals surface area contributed by atoms with E-state index in [0.717, 1.165) is 73.9 Å². The number of unbranched alkanes of at least 4 members (excludes halogenated alkanes) is 1. The van der Waals surface area contributed by atoms with Crippen LogP contribution in [-0.4, -0.2) is 114 Å². The summed E-state index contributed by atoms with van der Waals surface area (Å²) in [6.45, 7) is 13.6. The topological polar surface area (TPSA) is 205 Å². The highest BCUT2D eigenvalue weighted by molar-refractivity contribution is 5.89. The number of hydrogen-bond acceptors (Lipinski definition) is 10. The van der Waals surface area contributed by atoms with Crippen LogP contribution in [0.1, 0.15) is 115 Å². The van der Waals surface area contributed by atoms with Crippen LogP contribution in [0.2, 0.25) is 0 Å². The number of hydrogen-bond donors (Lipinski definition) is 7. The van der Waals surface area contributed by atoms with E-state index in [0.29, 0.717) is 38.2 Å². The minimum absolute atomic E-state index is 0.0361. The molecule has 4 aromatic rings. The van der Waals surface area contributed by atoms with Crippen molar-refractivity contribution in [1.29, 1.82) is 0 Å². The van der Waals surface area contributed by atoms with E-state index in [2.05, 4.69) is 35.1 Å². The fourth-order valence-corrected chi connectivity index (χ4v) is 9.71. The Morgan fingerprint density at radius 3 is 1.87 bits per heavy atom. The molecule has 6 rings (SSSR count). The molecule has 430 valence electrons. The number of aliphatic hydroxyl groups is 2. The van der Waals surface area contributed by atoms with Crippen LogP contribution in [0.15, 0.2) is 97.1 Å². The average Bonchev–Trinajstić information content (AvgIpc) is 4.10. The number of rotatable bonds is 29. The van der Waals surface area contributed by atoms with Crippen molar-refractivity contribution in [1.82, 2.24) is 26.2 Å². The van der Waals surface area contributed by atoms with Crippen LogP contribution in [0.3, 0.4) is 0 Å². The average molecular weight is 1090 g/mol. The highest BCUT2D eigenvalue weighted by atomic mass is 19.1. The van der Waals surface area contributed by atoms with Gasteiger partial charge in [-0.3, -0.25) is 19.2 Å². The molecule has 4 amide bonds. The Kier molecular flexibility index (Phi) is 28.5. The lowest BCUT2D eigenvalue weighted by Crippen LogP contribution is -2.54. The number of ether oxygens (including phenoxy) is 2.